The lowest BCUT2D eigenvalue weighted by Crippen LogP contribution is -2.32. The number of esters is 1. The van der Waals surface area contributed by atoms with E-state index in [1.807, 2.05) is 0 Å². The van der Waals surface area contributed by atoms with Gasteiger partial charge in [0, 0.05) is 11.9 Å². The molecule has 0 fully saturated rings. The lowest BCUT2D eigenvalue weighted by Gasteiger charge is -2.15. The molecule has 4 nitrogen and oxygen atoms in total. The van der Waals surface area contributed by atoms with E-state index in [2.05, 4.69) is 10.1 Å². The van der Waals surface area contributed by atoms with Crippen LogP contribution in [0, 0.1) is 0 Å². The number of amides is 1. The molecule has 0 radical (unpaired) electrons. The number of hydrogen-bond acceptors (Lipinski definition) is 3. The van der Waals surface area contributed by atoms with Crippen LogP contribution in [-0.2, 0) is 14.3 Å². The Morgan fingerprint density at radius 2 is 1.88 bits per heavy atom. The lowest BCUT2D eigenvalue weighted by molar-refractivity contribution is -0.145. The molecular formula is C11H12ClNO3. The van der Waals surface area contributed by atoms with Gasteiger partial charge in [-0.2, -0.15) is 0 Å². The van der Waals surface area contributed by atoms with Gasteiger partial charge in [0.05, 0.1) is 7.11 Å². The summed E-state index contributed by atoms with van der Waals surface area (Å²) in [5, 5.41) is 3.07. The van der Waals surface area contributed by atoms with Crippen LogP contribution in [0.5, 0.6) is 0 Å². The van der Waals surface area contributed by atoms with Crippen LogP contribution in [0.2, 0.25) is 5.02 Å². The monoisotopic (exact) mass is 241 g/mol. The van der Waals surface area contributed by atoms with Crippen molar-refractivity contribution in [3.05, 3.63) is 34.9 Å². The zero-order valence-corrected chi connectivity index (χ0v) is 9.75. The van der Waals surface area contributed by atoms with Crippen molar-refractivity contribution < 1.29 is 14.3 Å². The van der Waals surface area contributed by atoms with Crippen molar-refractivity contribution in [1.29, 1.82) is 0 Å². The Balaban J connectivity index is 2.96. The molecule has 5 heteroatoms. The summed E-state index contributed by atoms with van der Waals surface area (Å²) < 4.78 is 4.61. The molecule has 1 rings (SSSR count). The summed E-state index contributed by atoms with van der Waals surface area (Å²) in [4.78, 5) is 22.4. The van der Waals surface area contributed by atoms with Crippen LogP contribution >= 0.6 is 11.6 Å². The van der Waals surface area contributed by atoms with E-state index >= 15 is 0 Å². The topological polar surface area (TPSA) is 55.4 Å². The minimum atomic E-state index is -0.792. The number of benzene rings is 1. The molecule has 1 N–H and O–H groups in total. The van der Waals surface area contributed by atoms with Crippen LogP contribution in [0.4, 0.5) is 0 Å². The first kappa shape index (κ1) is 12.5. The molecule has 86 valence electrons. The molecular weight excluding hydrogens is 230 g/mol. The maximum Gasteiger partial charge on any atom is 0.333 e. The standard InChI is InChI=1S/C11H12ClNO3/c1-7(14)13-10(11(15)16-2)8-3-5-9(12)6-4-8/h3-6,10H,1-2H3,(H,13,14)/t10-/m1/s1. The Kier molecular flexibility index (Phi) is 4.31. The Bertz CT molecular complexity index is 389. The van der Waals surface area contributed by atoms with E-state index < -0.39 is 12.0 Å². The summed E-state index contributed by atoms with van der Waals surface area (Å²) in [6, 6.07) is 5.84. The minimum absolute atomic E-state index is 0.301. The molecule has 0 saturated heterocycles. The van der Waals surface area contributed by atoms with E-state index in [1.54, 1.807) is 24.3 Å². The molecule has 0 spiro atoms. The van der Waals surface area contributed by atoms with E-state index in [9.17, 15) is 9.59 Å². The quantitative estimate of drug-likeness (QED) is 0.820. The van der Waals surface area contributed by atoms with Gasteiger partial charge in [0.2, 0.25) is 5.91 Å². The molecule has 0 aromatic heterocycles. The molecule has 1 atom stereocenters. The van der Waals surface area contributed by atoms with Crippen LogP contribution in [-0.4, -0.2) is 19.0 Å². The number of nitrogens with one attached hydrogen (secondary N) is 1. The molecule has 0 bridgehead atoms. The number of methoxy groups -OCH3 is 1. The Morgan fingerprint density at radius 3 is 2.31 bits per heavy atom. The average molecular weight is 242 g/mol. The summed E-state index contributed by atoms with van der Waals surface area (Å²) in [7, 11) is 1.27. The summed E-state index contributed by atoms with van der Waals surface area (Å²) >= 11 is 5.73. The third-order valence-electron chi connectivity index (χ3n) is 1.99. The van der Waals surface area contributed by atoms with Gasteiger partial charge in [0.25, 0.3) is 0 Å². The predicted molar refractivity (Wildman–Crippen MR) is 60.0 cm³/mol. The number of ether oxygens (including phenoxy) is 1. The van der Waals surface area contributed by atoms with Crippen molar-refractivity contribution in [2.24, 2.45) is 0 Å². The normalized spacial score (nSPS) is 11.7. The second-order valence-corrected chi connectivity index (χ2v) is 3.64. The molecule has 0 heterocycles. The number of halogens is 1. The molecule has 1 amide bonds. The number of hydrogen-bond donors (Lipinski definition) is 1. The average Bonchev–Trinajstić information content (AvgIpc) is 2.26. The van der Waals surface area contributed by atoms with Crippen LogP contribution in [0.3, 0.4) is 0 Å². The molecule has 0 aliphatic rings. The highest BCUT2D eigenvalue weighted by atomic mass is 35.5. The van der Waals surface area contributed by atoms with Crippen molar-refractivity contribution in [1.82, 2.24) is 5.32 Å². The van der Waals surface area contributed by atoms with Crippen LogP contribution in [0.25, 0.3) is 0 Å². The van der Waals surface area contributed by atoms with Gasteiger partial charge in [-0.15, -0.1) is 0 Å². The Labute approximate surface area is 98.5 Å². The van der Waals surface area contributed by atoms with Crippen molar-refractivity contribution in [3.63, 3.8) is 0 Å². The number of rotatable bonds is 3. The molecule has 16 heavy (non-hydrogen) atoms. The summed E-state index contributed by atoms with van der Waals surface area (Å²) in [6.45, 7) is 1.34. The van der Waals surface area contributed by atoms with Gasteiger partial charge in [-0.05, 0) is 17.7 Å². The van der Waals surface area contributed by atoms with Crippen molar-refractivity contribution in [3.8, 4) is 0 Å². The van der Waals surface area contributed by atoms with Gasteiger partial charge < -0.3 is 10.1 Å². The van der Waals surface area contributed by atoms with E-state index in [4.69, 9.17) is 11.6 Å². The maximum atomic E-state index is 11.5. The number of carbonyl (C=O) groups excluding carboxylic acids is 2. The highest BCUT2D eigenvalue weighted by molar-refractivity contribution is 6.30. The van der Waals surface area contributed by atoms with E-state index in [0.29, 0.717) is 10.6 Å². The fourth-order valence-electron chi connectivity index (χ4n) is 1.25. The van der Waals surface area contributed by atoms with Crippen LogP contribution in [0.1, 0.15) is 18.5 Å². The van der Waals surface area contributed by atoms with Gasteiger partial charge in [-0.1, -0.05) is 23.7 Å². The van der Waals surface area contributed by atoms with E-state index in [-0.39, 0.29) is 5.91 Å². The van der Waals surface area contributed by atoms with E-state index in [1.165, 1.54) is 14.0 Å². The summed E-state index contributed by atoms with van der Waals surface area (Å²) in [5.74, 6) is -0.817. The van der Waals surface area contributed by atoms with Gasteiger partial charge >= 0.3 is 5.97 Å². The second-order valence-electron chi connectivity index (χ2n) is 3.21. The first-order chi connectivity index (χ1) is 7.54. The highest BCUT2D eigenvalue weighted by Gasteiger charge is 2.21. The van der Waals surface area contributed by atoms with Crippen molar-refractivity contribution in [2.45, 2.75) is 13.0 Å². The Morgan fingerprint density at radius 1 is 1.31 bits per heavy atom. The van der Waals surface area contributed by atoms with Gasteiger partial charge in [-0.3, -0.25) is 4.79 Å². The van der Waals surface area contributed by atoms with Gasteiger partial charge in [0.1, 0.15) is 0 Å². The fraction of sp³-hybridized carbons (Fsp3) is 0.273. The molecule has 0 aliphatic carbocycles. The molecule has 1 aromatic carbocycles. The van der Waals surface area contributed by atoms with Crippen molar-refractivity contribution >= 4 is 23.5 Å². The largest absolute Gasteiger partial charge is 0.467 e. The van der Waals surface area contributed by atoms with Gasteiger partial charge in [-0.25, -0.2) is 4.79 Å². The predicted octanol–water partition coefficient (Wildman–Crippen LogP) is 1.69. The first-order valence-corrected chi connectivity index (χ1v) is 5.02. The Hall–Kier alpha value is -1.55. The van der Waals surface area contributed by atoms with Gasteiger partial charge in [0.15, 0.2) is 6.04 Å². The summed E-state index contributed by atoms with van der Waals surface area (Å²) in [6.07, 6.45) is 0. The molecule has 0 aliphatic heterocycles. The molecule has 1 aromatic rings. The fourth-order valence-corrected chi connectivity index (χ4v) is 1.38. The second kappa shape index (κ2) is 5.51. The van der Waals surface area contributed by atoms with Crippen LogP contribution < -0.4 is 5.32 Å². The smallest absolute Gasteiger partial charge is 0.333 e. The highest BCUT2D eigenvalue weighted by Crippen LogP contribution is 2.17. The van der Waals surface area contributed by atoms with Crippen molar-refractivity contribution in [2.75, 3.05) is 7.11 Å². The minimum Gasteiger partial charge on any atom is -0.467 e. The number of carbonyl (C=O) groups is 2. The van der Waals surface area contributed by atoms with E-state index in [0.717, 1.165) is 0 Å². The maximum absolute atomic E-state index is 11.5. The third-order valence-corrected chi connectivity index (χ3v) is 2.24. The molecule has 0 unspecified atom stereocenters. The third kappa shape index (κ3) is 3.24. The lowest BCUT2D eigenvalue weighted by atomic mass is 10.1. The first-order valence-electron chi connectivity index (χ1n) is 4.65. The molecule has 0 saturated carbocycles. The zero-order valence-electron chi connectivity index (χ0n) is 8.99. The zero-order chi connectivity index (χ0) is 12.1. The van der Waals surface area contributed by atoms with Crippen LogP contribution in [0.15, 0.2) is 24.3 Å². The summed E-state index contributed by atoms with van der Waals surface area (Å²) in [5.41, 5.74) is 0.631. The SMILES string of the molecule is COC(=O)[C@H](NC(C)=O)c1ccc(Cl)cc1.